The van der Waals surface area contributed by atoms with Crippen molar-refractivity contribution in [2.75, 3.05) is 45.9 Å². The van der Waals surface area contributed by atoms with E-state index in [1.165, 1.54) is 30.1 Å². The Morgan fingerprint density at radius 3 is 2.28 bits per heavy atom. The predicted octanol–water partition coefficient (Wildman–Crippen LogP) is 5.03. The molecule has 0 unspecified atom stereocenters. The largest absolute Gasteiger partial charge is 0.395 e. The Balaban J connectivity index is 0.00000150. The van der Waals surface area contributed by atoms with Crippen LogP contribution in [0.4, 0.5) is 0 Å². The summed E-state index contributed by atoms with van der Waals surface area (Å²) in [5.74, 6) is 0. The molecule has 1 fully saturated rings. The molecule has 2 aliphatic rings. The van der Waals surface area contributed by atoms with Crippen LogP contribution in [-0.4, -0.2) is 60.8 Å². The third kappa shape index (κ3) is 6.12. The van der Waals surface area contributed by atoms with Gasteiger partial charge < -0.3 is 10.0 Å². The molecule has 0 spiro atoms. The van der Waals surface area contributed by atoms with Crippen LogP contribution in [0.15, 0.2) is 58.3 Å². The van der Waals surface area contributed by atoms with Crippen LogP contribution in [0.25, 0.3) is 5.57 Å². The molecule has 0 radical (unpaired) electrons. The summed E-state index contributed by atoms with van der Waals surface area (Å²) in [6, 6.07) is 15.5. The zero-order chi connectivity index (χ0) is 18.6. The lowest BCUT2D eigenvalue weighted by molar-refractivity contribution is 0.114. The molecular formula is C22H27Cl2IN2OS. The number of nitrogens with zero attached hydrogens (tertiary/aromatic N) is 2. The van der Waals surface area contributed by atoms with Crippen LogP contribution >= 0.6 is 59.2 Å². The smallest absolute Gasteiger partial charge is 0.0558 e. The lowest BCUT2D eigenvalue weighted by Gasteiger charge is -2.34. The molecule has 2 heterocycles. The fourth-order valence-corrected chi connectivity index (χ4v) is 5.68. The van der Waals surface area contributed by atoms with Gasteiger partial charge in [0.15, 0.2) is 0 Å². The minimum atomic E-state index is 0. The maximum Gasteiger partial charge on any atom is 0.0558 e. The number of aliphatic hydroxyl groups excluding tert-OH is 1. The molecule has 0 aromatic heterocycles. The molecule has 2 aliphatic heterocycles. The van der Waals surface area contributed by atoms with Crippen LogP contribution < -0.4 is 0 Å². The Morgan fingerprint density at radius 2 is 1.55 bits per heavy atom. The van der Waals surface area contributed by atoms with Crippen LogP contribution in [0.3, 0.4) is 0 Å². The molecule has 2 aromatic carbocycles. The maximum atomic E-state index is 9.08. The molecule has 3 nitrogen and oxygen atoms in total. The van der Waals surface area contributed by atoms with E-state index < -0.39 is 0 Å². The fourth-order valence-electron chi connectivity index (χ4n) is 3.83. The second-order valence-electron chi connectivity index (χ2n) is 7.05. The summed E-state index contributed by atoms with van der Waals surface area (Å²) in [4.78, 5) is 7.62. The van der Waals surface area contributed by atoms with E-state index in [1.807, 2.05) is 11.8 Å². The number of piperazine rings is 1. The van der Waals surface area contributed by atoms with Gasteiger partial charge in [0, 0.05) is 52.6 Å². The molecule has 0 aliphatic carbocycles. The van der Waals surface area contributed by atoms with E-state index in [0.717, 1.165) is 45.7 Å². The second kappa shape index (κ2) is 11.9. The highest BCUT2D eigenvalue weighted by atomic mass is 127. The van der Waals surface area contributed by atoms with Crippen molar-refractivity contribution < 1.29 is 5.11 Å². The van der Waals surface area contributed by atoms with Crippen LogP contribution in [0, 0.1) is 3.57 Å². The quantitative estimate of drug-likeness (QED) is 0.440. The molecule has 0 saturated carbocycles. The van der Waals surface area contributed by atoms with E-state index in [0.29, 0.717) is 0 Å². The van der Waals surface area contributed by atoms with Crippen LogP contribution in [0.5, 0.6) is 0 Å². The summed E-state index contributed by atoms with van der Waals surface area (Å²) in [6.07, 6.45) is 3.50. The molecule has 0 atom stereocenters. The first-order valence-electron chi connectivity index (χ1n) is 9.57. The van der Waals surface area contributed by atoms with E-state index >= 15 is 0 Å². The molecule has 0 amide bonds. The third-order valence-corrected chi connectivity index (χ3v) is 7.11. The van der Waals surface area contributed by atoms with Gasteiger partial charge in [0.05, 0.1) is 6.61 Å². The highest BCUT2D eigenvalue weighted by Crippen LogP contribution is 2.45. The Morgan fingerprint density at radius 1 is 0.897 bits per heavy atom. The van der Waals surface area contributed by atoms with Gasteiger partial charge in [0.25, 0.3) is 0 Å². The standard InChI is InChI=1S/C22H25IN2OS.2ClH/c23-17-7-8-20-18(19-4-1-2-6-21(19)27-22(20)16-17)5-3-9-24-10-12-25(13-11-24)14-15-26;;/h1-2,4-8,16,26H,3,9-15H2;2*1H/b18-5+;;. The molecular weight excluding hydrogens is 538 g/mol. The fraction of sp³-hybridized carbons (Fsp3) is 0.364. The minimum Gasteiger partial charge on any atom is -0.395 e. The summed E-state index contributed by atoms with van der Waals surface area (Å²) in [6.45, 7) is 6.51. The summed E-state index contributed by atoms with van der Waals surface area (Å²) >= 11 is 4.28. The van der Waals surface area contributed by atoms with Crippen molar-refractivity contribution >= 4 is 64.7 Å². The molecule has 2 aromatic rings. The van der Waals surface area contributed by atoms with Gasteiger partial charge in [-0.2, -0.15) is 0 Å². The zero-order valence-corrected chi connectivity index (χ0v) is 20.8. The highest BCUT2D eigenvalue weighted by Gasteiger charge is 2.21. The van der Waals surface area contributed by atoms with E-state index in [9.17, 15) is 0 Å². The number of rotatable bonds is 5. The van der Waals surface area contributed by atoms with Crippen molar-refractivity contribution in [3.05, 3.63) is 63.2 Å². The van der Waals surface area contributed by atoms with Gasteiger partial charge in [-0.1, -0.05) is 42.1 Å². The normalized spacial score (nSPS) is 17.8. The first kappa shape index (κ1) is 25.0. The van der Waals surface area contributed by atoms with E-state index in [2.05, 4.69) is 80.9 Å². The minimum absolute atomic E-state index is 0. The maximum absolute atomic E-state index is 9.08. The predicted molar refractivity (Wildman–Crippen MR) is 136 cm³/mol. The van der Waals surface area contributed by atoms with Crippen LogP contribution in [0.2, 0.25) is 0 Å². The Kier molecular flexibility index (Phi) is 10.3. The molecule has 0 bridgehead atoms. The summed E-state index contributed by atoms with van der Waals surface area (Å²) < 4.78 is 1.29. The number of benzene rings is 2. The number of β-amino-alcohol motifs (C(OH)–C–C–N with tert-alkyl or cyclic N) is 1. The van der Waals surface area contributed by atoms with Crippen molar-refractivity contribution in [2.24, 2.45) is 0 Å². The Labute approximate surface area is 203 Å². The first-order chi connectivity index (χ1) is 13.2. The molecule has 158 valence electrons. The summed E-state index contributed by atoms with van der Waals surface area (Å²) in [7, 11) is 0. The van der Waals surface area contributed by atoms with Crippen molar-refractivity contribution in [3.8, 4) is 0 Å². The molecule has 7 heteroatoms. The Hall–Kier alpha value is -0.280. The van der Waals surface area contributed by atoms with Crippen LogP contribution in [-0.2, 0) is 0 Å². The van der Waals surface area contributed by atoms with E-state index in [4.69, 9.17) is 5.11 Å². The SMILES string of the molecule is Cl.Cl.OCCN1CCN(CC/C=C2\c3ccccc3Sc3cc(I)ccc32)CC1. The van der Waals surface area contributed by atoms with Gasteiger partial charge in [0.1, 0.15) is 0 Å². The summed E-state index contributed by atoms with van der Waals surface area (Å²) in [5.41, 5.74) is 4.12. The van der Waals surface area contributed by atoms with Gasteiger partial charge in [-0.15, -0.1) is 24.8 Å². The van der Waals surface area contributed by atoms with Crippen molar-refractivity contribution in [3.63, 3.8) is 0 Å². The molecule has 29 heavy (non-hydrogen) atoms. The lowest BCUT2D eigenvalue weighted by atomic mass is 9.96. The monoisotopic (exact) mass is 564 g/mol. The first-order valence-corrected chi connectivity index (χ1v) is 11.5. The van der Waals surface area contributed by atoms with Crippen molar-refractivity contribution in [1.82, 2.24) is 9.80 Å². The average molecular weight is 565 g/mol. The van der Waals surface area contributed by atoms with Gasteiger partial charge in [-0.3, -0.25) is 4.90 Å². The average Bonchev–Trinajstić information content (AvgIpc) is 2.69. The second-order valence-corrected chi connectivity index (χ2v) is 9.38. The highest BCUT2D eigenvalue weighted by molar-refractivity contribution is 14.1. The molecule has 4 rings (SSSR count). The van der Waals surface area contributed by atoms with Crippen LogP contribution in [0.1, 0.15) is 17.5 Å². The number of aliphatic hydroxyl groups is 1. The van der Waals surface area contributed by atoms with Gasteiger partial charge >= 0.3 is 0 Å². The van der Waals surface area contributed by atoms with Gasteiger partial charge in [0.2, 0.25) is 0 Å². The molecule has 1 N–H and O–H groups in total. The van der Waals surface area contributed by atoms with Crippen molar-refractivity contribution in [2.45, 2.75) is 16.2 Å². The summed E-state index contributed by atoms with van der Waals surface area (Å²) in [5, 5.41) is 9.08. The number of hydrogen-bond acceptors (Lipinski definition) is 4. The number of hydrogen-bond donors (Lipinski definition) is 1. The lowest BCUT2D eigenvalue weighted by Crippen LogP contribution is -2.47. The van der Waals surface area contributed by atoms with Gasteiger partial charge in [-0.05, 0) is 63.9 Å². The number of halogens is 3. The topological polar surface area (TPSA) is 26.7 Å². The third-order valence-electron chi connectivity index (χ3n) is 5.31. The van der Waals surface area contributed by atoms with Crippen molar-refractivity contribution in [1.29, 1.82) is 0 Å². The van der Waals surface area contributed by atoms with E-state index in [1.54, 1.807) is 0 Å². The van der Waals surface area contributed by atoms with Gasteiger partial charge in [-0.25, -0.2) is 0 Å². The zero-order valence-electron chi connectivity index (χ0n) is 16.2. The number of fused-ring (bicyclic) bond motifs is 2. The molecule has 1 saturated heterocycles. The van der Waals surface area contributed by atoms with E-state index in [-0.39, 0.29) is 31.4 Å². The Bertz CT molecular complexity index is 841.